The third kappa shape index (κ3) is 3.98. The van der Waals surface area contributed by atoms with Crippen molar-refractivity contribution in [1.82, 2.24) is 9.88 Å². The highest BCUT2D eigenvalue weighted by Gasteiger charge is 2.22. The lowest BCUT2D eigenvalue weighted by atomic mass is 9.92. The molecule has 2 rings (SSSR count). The van der Waals surface area contributed by atoms with Crippen LogP contribution in [-0.2, 0) is 0 Å². The number of hydrogen-bond donors (Lipinski definition) is 1. The van der Waals surface area contributed by atoms with Gasteiger partial charge in [0.25, 0.3) is 0 Å². The van der Waals surface area contributed by atoms with Crippen LogP contribution in [0.25, 0.3) is 0 Å². The van der Waals surface area contributed by atoms with Crippen LogP contribution in [0.15, 0.2) is 24.4 Å². The zero-order chi connectivity index (χ0) is 13.0. The van der Waals surface area contributed by atoms with Crippen molar-refractivity contribution in [2.75, 3.05) is 25.0 Å². The molecular weight excluding hydrogens is 222 g/mol. The molecule has 100 valence electrons. The Morgan fingerprint density at radius 3 is 2.67 bits per heavy atom. The van der Waals surface area contributed by atoms with Crippen molar-refractivity contribution >= 4 is 5.82 Å². The van der Waals surface area contributed by atoms with E-state index in [0.29, 0.717) is 6.04 Å². The normalized spacial score (nSPS) is 26.8. The van der Waals surface area contributed by atoms with Crippen molar-refractivity contribution in [2.24, 2.45) is 11.8 Å². The van der Waals surface area contributed by atoms with E-state index in [0.717, 1.165) is 24.2 Å². The van der Waals surface area contributed by atoms with E-state index in [1.165, 1.54) is 19.5 Å². The van der Waals surface area contributed by atoms with Gasteiger partial charge in [0, 0.05) is 31.9 Å². The molecule has 3 heteroatoms. The maximum absolute atomic E-state index is 4.31. The van der Waals surface area contributed by atoms with E-state index in [1.54, 1.807) is 0 Å². The highest BCUT2D eigenvalue weighted by molar-refractivity contribution is 5.34. The maximum atomic E-state index is 4.31. The molecule has 3 nitrogen and oxygen atoms in total. The van der Waals surface area contributed by atoms with Crippen LogP contribution in [0.1, 0.15) is 27.2 Å². The molecule has 0 spiro atoms. The summed E-state index contributed by atoms with van der Waals surface area (Å²) in [5.74, 6) is 2.63. The minimum Gasteiger partial charge on any atom is -0.366 e. The topological polar surface area (TPSA) is 28.2 Å². The Bertz CT molecular complexity index is 342. The van der Waals surface area contributed by atoms with Gasteiger partial charge in [0.05, 0.1) is 0 Å². The van der Waals surface area contributed by atoms with E-state index in [1.807, 2.05) is 24.4 Å². The number of piperidine rings is 1. The second-order valence-corrected chi connectivity index (χ2v) is 5.92. The molecule has 1 N–H and O–H groups in total. The van der Waals surface area contributed by atoms with E-state index < -0.39 is 0 Å². The Morgan fingerprint density at radius 1 is 1.33 bits per heavy atom. The number of pyridine rings is 1. The molecule has 0 bridgehead atoms. The molecule has 1 aliphatic heterocycles. The smallest absolute Gasteiger partial charge is 0.126 e. The molecule has 1 aromatic rings. The van der Waals surface area contributed by atoms with E-state index in [-0.39, 0.29) is 0 Å². The Hall–Kier alpha value is -1.09. The standard InChI is InChI=1S/C15H25N3/c1-12-8-13(2)10-18(9-12)11-14(3)17-15-6-4-5-7-16-15/h4-7,12-14H,8-11H2,1-3H3,(H,16,17). The van der Waals surface area contributed by atoms with Crippen LogP contribution in [-0.4, -0.2) is 35.6 Å². The number of hydrogen-bond acceptors (Lipinski definition) is 3. The first-order valence-corrected chi connectivity index (χ1v) is 7.03. The van der Waals surface area contributed by atoms with E-state index >= 15 is 0 Å². The second kappa shape index (κ2) is 6.19. The second-order valence-electron chi connectivity index (χ2n) is 5.92. The Balaban J connectivity index is 1.82. The predicted molar refractivity (Wildman–Crippen MR) is 76.7 cm³/mol. The molecular formula is C15H25N3. The maximum Gasteiger partial charge on any atom is 0.126 e. The minimum atomic E-state index is 0.442. The summed E-state index contributed by atoms with van der Waals surface area (Å²) in [6, 6.07) is 6.44. The van der Waals surface area contributed by atoms with Crippen molar-refractivity contribution in [2.45, 2.75) is 33.2 Å². The van der Waals surface area contributed by atoms with E-state index in [2.05, 4.69) is 36.0 Å². The summed E-state index contributed by atoms with van der Waals surface area (Å²) >= 11 is 0. The van der Waals surface area contributed by atoms with Gasteiger partial charge in [-0.3, -0.25) is 0 Å². The number of likely N-dealkylation sites (tertiary alicyclic amines) is 1. The first-order chi connectivity index (χ1) is 8.63. The highest BCUT2D eigenvalue weighted by atomic mass is 15.2. The molecule has 2 heterocycles. The molecule has 3 atom stereocenters. The molecule has 18 heavy (non-hydrogen) atoms. The summed E-state index contributed by atoms with van der Waals surface area (Å²) in [6.45, 7) is 10.5. The van der Waals surface area contributed by atoms with Crippen LogP contribution in [0, 0.1) is 11.8 Å². The monoisotopic (exact) mass is 247 g/mol. The van der Waals surface area contributed by atoms with Crippen molar-refractivity contribution in [3.05, 3.63) is 24.4 Å². The number of anilines is 1. The zero-order valence-electron chi connectivity index (χ0n) is 11.8. The summed E-state index contributed by atoms with van der Waals surface area (Å²) in [7, 11) is 0. The van der Waals surface area contributed by atoms with Gasteiger partial charge in [-0.15, -0.1) is 0 Å². The molecule has 1 fully saturated rings. The minimum absolute atomic E-state index is 0.442. The van der Waals surface area contributed by atoms with Gasteiger partial charge in [-0.1, -0.05) is 19.9 Å². The number of rotatable bonds is 4. The fourth-order valence-electron chi connectivity index (χ4n) is 3.07. The van der Waals surface area contributed by atoms with E-state index in [4.69, 9.17) is 0 Å². The molecule has 1 saturated heterocycles. The average Bonchev–Trinajstić information content (AvgIpc) is 2.28. The summed E-state index contributed by atoms with van der Waals surface area (Å²) < 4.78 is 0. The summed E-state index contributed by atoms with van der Waals surface area (Å²) in [5.41, 5.74) is 0. The Labute approximate surface area is 111 Å². The van der Waals surface area contributed by atoms with Crippen LogP contribution in [0.3, 0.4) is 0 Å². The lowest BCUT2D eigenvalue weighted by molar-refractivity contribution is 0.138. The first kappa shape index (κ1) is 13.3. The lowest BCUT2D eigenvalue weighted by Gasteiger charge is -2.36. The highest BCUT2D eigenvalue weighted by Crippen LogP contribution is 2.21. The number of aromatic nitrogens is 1. The van der Waals surface area contributed by atoms with Gasteiger partial charge in [0.2, 0.25) is 0 Å². The summed E-state index contributed by atoms with van der Waals surface area (Å²) in [5, 5.41) is 3.47. The fourth-order valence-corrected chi connectivity index (χ4v) is 3.07. The largest absolute Gasteiger partial charge is 0.366 e. The van der Waals surface area contributed by atoms with Crippen molar-refractivity contribution in [1.29, 1.82) is 0 Å². The quantitative estimate of drug-likeness (QED) is 0.886. The SMILES string of the molecule is CC1CC(C)CN(CC(C)Nc2ccccn2)C1. The van der Waals surface area contributed by atoms with Gasteiger partial charge in [-0.25, -0.2) is 4.98 Å². The third-order valence-electron chi connectivity index (χ3n) is 3.54. The van der Waals surface area contributed by atoms with Crippen LogP contribution in [0.4, 0.5) is 5.82 Å². The van der Waals surface area contributed by atoms with Crippen LogP contribution in [0.2, 0.25) is 0 Å². The molecule has 1 aliphatic rings. The number of nitrogens with zero attached hydrogens (tertiary/aromatic N) is 2. The summed E-state index contributed by atoms with van der Waals surface area (Å²) in [4.78, 5) is 6.89. The Morgan fingerprint density at radius 2 is 2.06 bits per heavy atom. The van der Waals surface area contributed by atoms with Crippen molar-refractivity contribution in [3.8, 4) is 0 Å². The van der Waals surface area contributed by atoms with Gasteiger partial charge in [-0.2, -0.15) is 0 Å². The van der Waals surface area contributed by atoms with Crippen LogP contribution in [0.5, 0.6) is 0 Å². The molecule has 0 aromatic carbocycles. The lowest BCUT2D eigenvalue weighted by Crippen LogP contribution is -2.43. The van der Waals surface area contributed by atoms with Crippen LogP contribution < -0.4 is 5.32 Å². The summed E-state index contributed by atoms with van der Waals surface area (Å²) in [6.07, 6.45) is 3.21. The van der Waals surface area contributed by atoms with Gasteiger partial charge < -0.3 is 10.2 Å². The molecule has 0 saturated carbocycles. The van der Waals surface area contributed by atoms with Gasteiger partial charge in [-0.05, 0) is 37.3 Å². The zero-order valence-corrected chi connectivity index (χ0v) is 11.8. The molecule has 3 unspecified atom stereocenters. The third-order valence-corrected chi connectivity index (χ3v) is 3.54. The van der Waals surface area contributed by atoms with Gasteiger partial charge in [0.1, 0.15) is 5.82 Å². The van der Waals surface area contributed by atoms with E-state index in [9.17, 15) is 0 Å². The molecule has 0 amide bonds. The average molecular weight is 247 g/mol. The van der Waals surface area contributed by atoms with Crippen molar-refractivity contribution < 1.29 is 0 Å². The number of nitrogens with one attached hydrogen (secondary N) is 1. The predicted octanol–water partition coefficient (Wildman–Crippen LogP) is 2.86. The molecule has 0 aliphatic carbocycles. The van der Waals surface area contributed by atoms with Gasteiger partial charge in [0.15, 0.2) is 0 Å². The fraction of sp³-hybridized carbons (Fsp3) is 0.667. The van der Waals surface area contributed by atoms with Crippen molar-refractivity contribution in [3.63, 3.8) is 0 Å². The van der Waals surface area contributed by atoms with Crippen LogP contribution >= 0.6 is 0 Å². The molecule has 1 aromatic heterocycles. The molecule has 0 radical (unpaired) electrons. The Kier molecular flexibility index (Phi) is 4.59. The van der Waals surface area contributed by atoms with Gasteiger partial charge >= 0.3 is 0 Å². The first-order valence-electron chi connectivity index (χ1n) is 7.03.